The first-order valence-corrected chi connectivity index (χ1v) is 13.1. The summed E-state index contributed by atoms with van der Waals surface area (Å²) in [4.78, 5) is 34.0. The van der Waals surface area contributed by atoms with Crippen LogP contribution in [-0.2, 0) is 4.79 Å². The van der Waals surface area contributed by atoms with Crippen molar-refractivity contribution in [2.45, 2.75) is 19.8 Å². The van der Waals surface area contributed by atoms with Crippen molar-refractivity contribution in [2.24, 2.45) is 0 Å². The van der Waals surface area contributed by atoms with E-state index >= 15 is 0 Å². The highest BCUT2D eigenvalue weighted by atomic mass is 35.5. The standard InChI is InChI=1S/C30H28ClFN4O3/c1-4-27(38)34-12-14-35(15-13-34)29-21-16-22(31)20(28-23(32)9-7-11-26(28)37)17-25(21)36(30(39)33-29)24-10-6-5-8-19(24)18(2)3/h4-11,16-18,37H,1,12-15H2,2-3H3. The highest BCUT2D eigenvalue weighted by Gasteiger charge is 2.26. The van der Waals surface area contributed by atoms with Gasteiger partial charge in [0, 0.05) is 42.2 Å². The molecule has 0 spiro atoms. The monoisotopic (exact) mass is 546 g/mol. The van der Waals surface area contributed by atoms with Gasteiger partial charge in [0.05, 0.1) is 16.8 Å². The van der Waals surface area contributed by atoms with Crippen molar-refractivity contribution in [2.75, 3.05) is 31.1 Å². The lowest BCUT2D eigenvalue weighted by atomic mass is 9.99. The van der Waals surface area contributed by atoms with Crippen LogP contribution in [0.15, 0.2) is 72.0 Å². The lowest BCUT2D eigenvalue weighted by molar-refractivity contribution is -0.126. The maximum atomic E-state index is 14.9. The van der Waals surface area contributed by atoms with E-state index in [1.165, 1.54) is 28.8 Å². The summed E-state index contributed by atoms with van der Waals surface area (Å²) in [7, 11) is 0. The van der Waals surface area contributed by atoms with Crippen molar-refractivity contribution in [3.05, 3.63) is 94.1 Å². The number of nitrogens with zero attached hydrogens (tertiary/aromatic N) is 4. The van der Waals surface area contributed by atoms with E-state index in [4.69, 9.17) is 11.6 Å². The van der Waals surface area contributed by atoms with Crippen molar-refractivity contribution in [1.29, 1.82) is 0 Å². The first-order valence-electron chi connectivity index (χ1n) is 12.7. The van der Waals surface area contributed by atoms with Crippen molar-refractivity contribution in [3.63, 3.8) is 0 Å². The molecule has 1 aliphatic heterocycles. The molecule has 1 aliphatic rings. The molecule has 1 aromatic heterocycles. The summed E-state index contributed by atoms with van der Waals surface area (Å²) in [6, 6.07) is 14.9. The number of halogens is 2. The van der Waals surface area contributed by atoms with Gasteiger partial charge >= 0.3 is 5.69 Å². The molecule has 5 rings (SSSR count). The number of hydrogen-bond acceptors (Lipinski definition) is 5. The van der Waals surface area contributed by atoms with Crippen molar-refractivity contribution in [1.82, 2.24) is 14.5 Å². The molecule has 4 aromatic rings. The van der Waals surface area contributed by atoms with E-state index < -0.39 is 11.5 Å². The highest BCUT2D eigenvalue weighted by Crippen LogP contribution is 2.40. The van der Waals surface area contributed by atoms with Gasteiger partial charge in [0.15, 0.2) is 0 Å². The van der Waals surface area contributed by atoms with Crippen LogP contribution in [0.4, 0.5) is 10.2 Å². The lowest BCUT2D eigenvalue weighted by Gasteiger charge is -2.35. The van der Waals surface area contributed by atoms with E-state index in [1.54, 1.807) is 17.0 Å². The third-order valence-electron chi connectivity index (χ3n) is 7.09. The molecule has 39 heavy (non-hydrogen) atoms. The number of carbonyl (C=O) groups is 1. The minimum absolute atomic E-state index is 0.0459. The molecule has 3 aromatic carbocycles. The number of anilines is 1. The highest BCUT2D eigenvalue weighted by molar-refractivity contribution is 6.34. The Morgan fingerprint density at radius 3 is 2.49 bits per heavy atom. The summed E-state index contributed by atoms with van der Waals surface area (Å²) < 4.78 is 16.5. The first-order chi connectivity index (χ1) is 18.7. The van der Waals surface area contributed by atoms with Gasteiger partial charge in [-0.25, -0.2) is 9.18 Å². The molecule has 0 aliphatic carbocycles. The van der Waals surface area contributed by atoms with Gasteiger partial charge in [0.1, 0.15) is 17.4 Å². The number of piperazine rings is 1. The summed E-state index contributed by atoms with van der Waals surface area (Å²) in [5.41, 5.74) is 1.79. The number of fused-ring (bicyclic) bond motifs is 1. The van der Waals surface area contributed by atoms with E-state index in [0.29, 0.717) is 48.6 Å². The van der Waals surface area contributed by atoms with Gasteiger partial charge in [-0.1, -0.05) is 56.3 Å². The van der Waals surface area contributed by atoms with Gasteiger partial charge in [0.25, 0.3) is 0 Å². The molecular formula is C30H28ClFN4O3. The maximum absolute atomic E-state index is 14.9. The van der Waals surface area contributed by atoms with Gasteiger partial charge in [-0.2, -0.15) is 4.98 Å². The zero-order valence-electron chi connectivity index (χ0n) is 21.7. The topological polar surface area (TPSA) is 78.7 Å². The molecule has 0 atom stereocenters. The molecule has 0 bridgehead atoms. The Labute approximate surface area is 230 Å². The first kappa shape index (κ1) is 26.4. The average molecular weight is 547 g/mol. The predicted octanol–water partition coefficient (Wildman–Crippen LogP) is 5.51. The second kappa shape index (κ2) is 10.5. The third-order valence-corrected chi connectivity index (χ3v) is 7.40. The van der Waals surface area contributed by atoms with Gasteiger partial charge < -0.3 is 14.9 Å². The van der Waals surface area contributed by atoms with Crippen LogP contribution in [0.25, 0.3) is 27.7 Å². The average Bonchev–Trinajstić information content (AvgIpc) is 2.93. The van der Waals surface area contributed by atoms with Crippen LogP contribution in [0.5, 0.6) is 5.75 Å². The number of aromatic hydroxyl groups is 1. The van der Waals surface area contributed by atoms with Gasteiger partial charge in [0.2, 0.25) is 5.91 Å². The Morgan fingerprint density at radius 1 is 1.10 bits per heavy atom. The largest absolute Gasteiger partial charge is 0.507 e. The normalized spacial score (nSPS) is 13.8. The number of phenols is 1. The molecule has 1 fully saturated rings. The minimum atomic E-state index is -0.634. The molecule has 1 saturated heterocycles. The fourth-order valence-electron chi connectivity index (χ4n) is 5.12. The number of aromatic nitrogens is 2. The van der Waals surface area contributed by atoms with E-state index in [-0.39, 0.29) is 33.7 Å². The Bertz CT molecular complexity index is 1640. The van der Waals surface area contributed by atoms with E-state index in [1.807, 2.05) is 43.0 Å². The molecule has 0 saturated carbocycles. The van der Waals surface area contributed by atoms with Gasteiger partial charge in [-0.3, -0.25) is 9.36 Å². The lowest BCUT2D eigenvalue weighted by Crippen LogP contribution is -2.49. The van der Waals surface area contributed by atoms with Crippen LogP contribution >= 0.6 is 11.6 Å². The summed E-state index contributed by atoms with van der Waals surface area (Å²) in [5.74, 6) is -0.494. The van der Waals surface area contributed by atoms with E-state index in [2.05, 4.69) is 11.6 Å². The zero-order valence-corrected chi connectivity index (χ0v) is 22.5. The smallest absolute Gasteiger partial charge is 0.354 e. The second-order valence-electron chi connectivity index (χ2n) is 9.77. The number of phenolic OH excluding ortho intramolecular Hbond substituents is 1. The van der Waals surface area contributed by atoms with Gasteiger partial charge in [-0.05, 0) is 47.9 Å². The molecule has 1 amide bonds. The summed E-state index contributed by atoms with van der Waals surface area (Å²) in [6.45, 7) is 9.45. The fourth-order valence-corrected chi connectivity index (χ4v) is 5.38. The minimum Gasteiger partial charge on any atom is -0.507 e. The molecule has 9 heteroatoms. The molecule has 2 heterocycles. The van der Waals surface area contributed by atoms with Crippen molar-refractivity contribution >= 4 is 34.2 Å². The number of benzene rings is 3. The van der Waals surface area contributed by atoms with Crippen LogP contribution in [0, 0.1) is 5.82 Å². The number of rotatable bonds is 5. The van der Waals surface area contributed by atoms with Crippen LogP contribution in [0.1, 0.15) is 25.3 Å². The summed E-state index contributed by atoms with van der Waals surface area (Å²) in [6.07, 6.45) is 1.29. The Morgan fingerprint density at radius 2 is 1.82 bits per heavy atom. The number of hydrogen-bond donors (Lipinski definition) is 1. The Balaban J connectivity index is 1.78. The van der Waals surface area contributed by atoms with Gasteiger partial charge in [-0.15, -0.1) is 0 Å². The Kier molecular flexibility index (Phi) is 7.14. The molecule has 200 valence electrons. The molecule has 7 nitrogen and oxygen atoms in total. The molecular weight excluding hydrogens is 519 g/mol. The van der Waals surface area contributed by atoms with Crippen LogP contribution in [0.3, 0.4) is 0 Å². The van der Waals surface area contributed by atoms with Crippen LogP contribution < -0.4 is 10.6 Å². The second-order valence-corrected chi connectivity index (χ2v) is 10.2. The summed E-state index contributed by atoms with van der Waals surface area (Å²) in [5, 5.41) is 11.3. The SMILES string of the molecule is C=CC(=O)N1CCN(c2nc(=O)n(-c3ccccc3C(C)C)c3cc(-c4c(O)cccc4F)c(Cl)cc23)CC1. The third kappa shape index (κ3) is 4.76. The van der Waals surface area contributed by atoms with Crippen LogP contribution in [0.2, 0.25) is 5.02 Å². The predicted molar refractivity (Wildman–Crippen MR) is 152 cm³/mol. The fraction of sp³-hybridized carbons (Fsp3) is 0.233. The summed E-state index contributed by atoms with van der Waals surface area (Å²) >= 11 is 6.72. The number of amides is 1. The van der Waals surface area contributed by atoms with E-state index in [9.17, 15) is 19.1 Å². The molecule has 0 unspecified atom stereocenters. The zero-order chi connectivity index (χ0) is 27.8. The van der Waals surface area contributed by atoms with E-state index in [0.717, 1.165) is 5.56 Å². The van der Waals surface area contributed by atoms with Crippen molar-refractivity contribution < 1.29 is 14.3 Å². The quantitative estimate of drug-likeness (QED) is 0.334. The molecule has 1 N–H and O–H groups in total. The number of carbonyl (C=O) groups excluding carboxylic acids is 1. The van der Waals surface area contributed by atoms with Crippen molar-refractivity contribution in [3.8, 4) is 22.6 Å². The number of para-hydroxylation sites is 1. The molecule has 0 radical (unpaired) electrons. The maximum Gasteiger partial charge on any atom is 0.354 e. The Hall–Kier alpha value is -4.17. The van der Waals surface area contributed by atoms with Crippen LogP contribution in [-0.4, -0.2) is 51.6 Å².